The van der Waals surface area contributed by atoms with Crippen molar-refractivity contribution < 1.29 is 9.63 Å². The van der Waals surface area contributed by atoms with Gasteiger partial charge in [0, 0.05) is 0 Å². The predicted octanol–water partition coefficient (Wildman–Crippen LogP) is 2.37. The number of hydrogen-bond donors (Lipinski definition) is 1. The molecule has 0 aliphatic heterocycles. The molecule has 0 unspecified atom stereocenters. The number of aryl methyl sites for hydroxylation is 1. The molecule has 0 aliphatic rings. The minimum atomic E-state index is -0.154. The number of rotatable bonds is 4. The first kappa shape index (κ1) is 11.2. The van der Waals surface area contributed by atoms with Gasteiger partial charge in [-0.2, -0.15) is 0 Å². The van der Waals surface area contributed by atoms with Crippen LogP contribution in [0, 0.1) is 12.8 Å². The third-order valence-electron chi connectivity index (χ3n) is 1.65. The van der Waals surface area contributed by atoms with E-state index in [-0.39, 0.29) is 5.91 Å². The van der Waals surface area contributed by atoms with Gasteiger partial charge in [0.25, 0.3) is 5.91 Å². The van der Waals surface area contributed by atoms with E-state index >= 15 is 0 Å². The molecule has 0 fully saturated rings. The molecule has 0 aromatic carbocycles. The number of carbonyl (C=O) groups is 1. The topological polar surface area (TPSA) is 38.3 Å². The summed E-state index contributed by atoms with van der Waals surface area (Å²) in [4.78, 5) is 17.2. The summed E-state index contributed by atoms with van der Waals surface area (Å²) in [6, 6.07) is 1.92. The monoisotopic (exact) mass is 213 g/mol. The molecule has 1 rings (SSSR count). The maximum atomic E-state index is 11.5. The van der Waals surface area contributed by atoms with Crippen LogP contribution in [0.25, 0.3) is 0 Å². The van der Waals surface area contributed by atoms with Gasteiger partial charge in [-0.3, -0.25) is 9.63 Å². The number of thiophene rings is 1. The number of amides is 1. The normalized spacial score (nSPS) is 10.6. The second-order valence-electron chi connectivity index (χ2n) is 3.57. The van der Waals surface area contributed by atoms with E-state index in [1.807, 2.05) is 32.2 Å². The third-order valence-corrected chi connectivity index (χ3v) is 2.67. The van der Waals surface area contributed by atoms with Gasteiger partial charge in [-0.15, -0.1) is 11.3 Å². The second kappa shape index (κ2) is 5.12. The smallest absolute Gasteiger partial charge is 0.273 e. The summed E-state index contributed by atoms with van der Waals surface area (Å²) in [7, 11) is 0. The van der Waals surface area contributed by atoms with Crippen molar-refractivity contribution in [1.29, 1.82) is 0 Å². The van der Waals surface area contributed by atoms with Crippen molar-refractivity contribution in [2.75, 3.05) is 6.61 Å². The highest BCUT2D eigenvalue weighted by atomic mass is 32.1. The van der Waals surface area contributed by atoms with Crippen LogP contribution in [0.2, 0.25) is 0 Å². The van der Waals surface area contributed by atoms with Gasteiger partial charge in [-0.05, 0) is 29.9 Å². The molecule has 0 bridgehead atoms. The van der Waals surface area contributed by atoms with Crippen LogP contribution < -0.4 is 5.48 Å². The Morgan fingerprint density at radius 1 is 1.64 bits per heavy atom. The largest absolute Gasteiger partial charge is 0.285 e. The van der Waals surface area contributed by atoms with E-state index < -0.39 is 0 Å². The van der Waals surface area contributed by atoms with Gasteiger partial charge < -0.3 is 0 Å². The average molecular weight is 213 g/mol. The SMILES string of the molecule is Cc1ccsc1C(=O)NOCC(C)C. The van der Waals surface area contributed by atoms with E-state index in [1.54, 1.807) is 0 Å². The highest BCUT2D eigenvalue weighted by Crippen LogP contribution is 2.14. The molecule has 0 radical (unpaired) electrons. The van der Waals surface area contributed by atoms with Crippen molar-refractivity contribution in [1.82, 2.24) is 5.48 Å². The lowest BCUT2D eigenvalue weighted by Crippen LogP contribution is -2.25. The first-order valence-corrected chi connectivity index (χ1v) is 5.45. The van der Waals surface area contributed by atoms with Crippen molar-refractivity contribution in [2.24, 2.45) is 5.92 Å². The molecule has 0 saturated carbocycles. The molecule has 3 nitrogen and oxygen atoms in total. The minimum Gasteiger partial charge on any atom is -0.273 e. The number of hydroxylamine groups is 1. The Morgan fingerprint density at radius 3 is 2.86 bits per heavy atom. The van der Waals surface area contributed by atoms with Gasteiger partial charge in [0.1, 0.15) is 0 Å². The van der Waals surface area contributed by atoms with E-state index in [1.165, 1.54) is 11.3 Å². The molecule has 0 aliphatic carbocycles. The zero-order valence-corrected chi connectivity index (χ0v) is 9.48. The van der Waals surface area contributed by atoms with Crippen LogP contribution in [-0.4, -0.2) is 12.5 Å². The Kier molecular flexibility index (Phi) is 4.10. The van der Waals surface area contributed by atoms with E-state index in [4.69, 9.17) is 4.84 Å². The summed E-state index contributed by atoms with van der Waals surface area (Å²) in [5.41, 5.74) is 3.42. The molecule has 1 amide bonds. The van der Waals surface area contributed by atoms with Gasteiger partial charge >= 0.3 is 0 Å². The summed E-state index contributed by atoms with van der Waals surface area (Å²) in [6.45, 7) is 6.51. The molecule has 0 atom stereocenters. The summed E-state index contributed by atoms with van der Waals surface area (Å²) in [5.74, 6) is 0.262. The zero-order chi connectivity index (χ0) is 10.6. The lowest BCUT2D eigenvalue weighted by molar-refractivity contribution is 0.0211. The second-order valence-corrected chi connectivity index (χ2v) is 4.48. The Hall–Kier alpha value is -0.870. The summed E-state index contributed by atoms with van der Waals surface area (Å²) in [6.07, 6.45) is 0. The first-order valence-electron chi connectivity index (χ1n) is 4.57. The first-order chi connectivity index (χ1) is 6.61. The Balaban J connectivity index is 2.40. The van der Waals surface area contributed by atoms with Crippen LogP contribution in [0.5, 0.6) is 0 Å². The number of hydrogen-bond acceptors (Lipinski definition) is 3. The molecule has 0 saturated heterocycles. The third kappa shape index (κ3) is 3.12. The van der Waals surface area contributed by atoms with Crippen molar-refractivity contribution in [3.63, 3.8) is 0 Å². The Bertz CT molecular complexity index is 307. The molecule has 1 N–H and O–H groups in total. The van der Waals surface area contributed by atoms with Crippen LogP contribution in [0.3, 0.4) is 0 Å². The van der Waals surface area contributed by atoms with E-state index in [0.29, 0.717) is 17.4 Å². The highest BCUT2D eigenvalue weighted by Gasteiger charge is 2.09. The average Bonchev–Trinajstić information content (AvgIpc) is 2.50. The highest BCUT2D eigenvalue weighted by molar-refractivity contribution is 7.12. The van der Waals surface area contributed by atoms with Crippen molar-refractivity contribution in [3.8, 4) is 0 Å². The van der Waals surface area contributed by atoms with Crippen LogP contribution >= 0.6 is 11.3 Å². The van der Waals surface area contributed by atoms with Gasteiger partial charge in [-0.1, -0.05) is 13.8 Å². The maximum absolute atomic E-state index is 11.5. The number of nitrogens with one attached hydrogen (secondary N) is 1. The summed E-state index contributed by atoms with van der Waals surface area (Å²) >= 11 is 1.42. The van der Waals surface area contributed by atoms with E-state index in [0.717, 1.165) is 5.56 Å². The molecule has 78 valence electrons. The minimum absolute atomic E-state index is 0.154. The lowest BCUT2D eigenvalue weighted by atomic mass is 10.2. The molecule has 1 aromatic heterocycles. The van der Waals surface area contributed by atoms with Crippen molar-refractivity contribution in [3.05, 3.63) is 21.9 Å². The lowest BCUT2D eigenvalue weighted by Gasteiger charge is -2.06. The van der Waals surface area contributed by atoms with Crippen LogP contribution in [0.4, 0.5) is 0 Å². The molecule has 1 aromatic rings. The maximum Gasteiger partial charge on any atom is 0.285 e. The van der Waals surface area contributed by atoms with Crippen LogP contribution in [0.1, 0.15) is 29.1 Å². The van der Waals surface area contributed by atoms with Gasteiger partial charge in [0.15, 0.2) is 0 Å². The molecule has 4 heteroatoms. The van der Waals surface area contributed by atoms with Crippen LogP contribution in [-0.2, 0) is 4.84 Å². The number of carbonyl (C=O) groups excluding carboxylic acids is 1. The quantitative estimate of drug-likeness (QED) is 0.780. The Morgan fingerprint density at radius 2 is 2.36 bits per heavy atom. The molecule has 0 spiro atoms. The van der Waals surface area contributed by atoms with E-state index in [2.05, 4.69) is 5.48 Å². The van der Waals surface area contributed by atoms with Crippen molar-refractivity contribution >= 4 is 17.2 Å². The fourth-order valence-electron chi connectivity index (χ4n) is 0.926. The van der Waals surface area contributed by atoms with E-state index in [9.17, 15) is 4.79 Å². The summed E-state index contributed by atoms with van der Waals surface area (Å²) in [5, 5.41) is 1.90. The van der Waals surface area contributed by atoms with Crippen LogP contribution in [0.15, 0.2) is 11.4 Å². The Labute approximate surface area is 88.0 Å². The van der Waals surface area contributed by atoms with Gasteiger partial charge in [0.05, 0.1) is 11.5 Å². The predicted molar refractivity (Wildman–Crippen MR) is 57.3 cm³/mol. The summed E-state index contributed by atoms with van der Waals surface area (Å²) < 4.78 is 0. The fraction of sp³-hybridized carbons (Fsp3) is 0.500. The van der Waals surface area contributed by atoms with Gasteiger partial charge in [-0.25, -0.2) is 5.48 Å². The molecule has 1 heterocycles. The molecular formula is C10H15NO2S. The molecule has 14 heavy (non-hydrogen) atoms. The zero-order valence-electron chi connectivity index (χ0n) is 8.66. The fourth-order valence-corrected chi connectivity index (χ4v) is 1.74. The molecular weight excluding hydrogens is 198 g/mol. The van der Waals surface area contributed by atoms with Crippen molar-refractivity contribution in [2.45, 2.75) is 20.8 Å². The van der Waals surface area contributed by atoms with Gasteiger partial charge in [0.2, 0.25) is 0 Å². The standard InChI is InChI=1S/C10H15NO2S/c1-7(2)6-13-11-10(12)9-8(3)4-5-14-9/h4-5,7H,6H2,1-3H3,(H,11,12).